The average molecular weight is 709 g/mol. The lowest BCUT2D eigenvalue weighted by Gasteiger charge is -2.40. The molecule has 2 aromatic rings. The molecular formula is C37H52N6O6S. The topological polar surface area (TPSA) is 146 Å². The van der Waals surface area contributed by atoms with Gasteiger partial charge in [-0.15, -0.1) is 0 Å². The number of carbonyl (C=O) groups excluding carboxylic acids is 3. The van der Waals surface area contributed by atoms with Crippen LogP contribution in [0, 0.1) is 25.7 Å². The molecule has 0 unspecified atom stereocenters. The highest BCUT2D eigenvalue weighted by Gasteiger charge is 2.37. The number of hydrogen-bond donors (Lipinski definition) is 2. The Morgan fingerprint density at radius 3 is 2.08 bits per heavy atom. The van der Waals surface area contributed by atoms with Crippen molar-refractivity contribution in [2.45, 2.75) is 77.4 Å². The maximum Gasteiger partial charge on any atom is 0.410 e. The van der Waals surface area contributed by atoms with Crippen LogP contribution < -0.4 is 11.1 Å². The van der Waals surface area contributed by atoms with Gasteiger partial charge in [-0.2, -0.15) is 0 Å². The van der Waals surface area contributed by atoms with Crippen LogP contribution in [0.15, 0.2) is 36.4 Å². The SMILES string of the molecule is Cc1cc(C[C@@H](OC(=O)N2CCC(N3CCc4ccccc4NC3=O)CC2)C(=O)N2CCC(C3CCN(S(C)(=O)=O)CC3)CC2)cc(C)c1N. The number of nitrogen functional groups attached to an aromatic ring is 1. The van der Waals surface area contributed by atoms with E-state index in [4.69, 9.17) is 10.5 Å². The molecule has 3 saturated heterocycles. The van der Waals surface area contributed by atoms with Crippen molar-refractivity contribution in [3.8, 4) is 0 Å². The van der Waals surface area contributed by atoms with Gasteiger partial charge in [0, 0.05) is 69.7 Å². The third-order valence-electron chi connectivity index (χ3n) is 11.4. The average Bonchev–Trinajstić information content (AvgIpc) is 3.27. The summed E-state index contributed by atoms with van der Waals surface area (Å²) < 4.78 is 31.6. The molecule has 0 spiro atoms. The first-order valence-corrected chi connectivity index (χ1v) is 19.9. The number of benzene rings is 2. The molecular weight excluding hydrogens is 657 g/mol. The van der Waals surface area contributed by atoms with Gasteiger partial charge in [0.15, 0.2) is 6.10 Å². The van der Waals surface area contributed by atoms with Gasteiger partial charge in [-0.25, -0.2) is 22.3 Å². The third-order valence-corrected chi connectivity index (χ3v) is 12.7. The molecule has 3 fully saturated rings. The number of anilines is 2. The molecule has 12 nitrogen and oxygen atoms in total. The molecule has 272 valence electrons. The second-order valence-electron chi connectivity index (χ2n) is 14.6. The molecule has 13 heteroatoms. The van der Waals surface area contributed by atoms with Crippen molar-refractivity contribution in [2.24, 2.45) is 11.8 Å². The minimum atomic E-state index is -3.17. The van der Waals surface area contributed by atoms with Gasteiger partial charge in [-0.05, 0) is 98.9 Å². The summed E-state index contributed by atoms with van der Waals surface area (Å²) in [6.45, 7) is 7.63. The predicted molar refractivity (Wildman–Crippen MR) is 193 cm³/mol. The quantitative estimate of drug-likeness (QED) is 0.406. The standard InChI is InChI=1S/C37H52N6O6S/c1-25-22-27(23-26(2)34(25)38)24-33(35(44)40-15-8-28(9-16-40)29-10-19-42(20-11-29)50(3,47)48)49-37(46)41-17-13-31(14-18-41)43-21-12-30-6-4-5-7-32(30)39-36(43)45/h4-7,22-23,28-29,31,33H,8-21,24,38H2,1-3H3,(H,39,45)/t33-/m1/s1. The summed E-state index contributed by atoms with van der Waals surface area (Å²) in [5.74, 6) is 0.690. The van der Waals surface area contributed by atoms with Crippen molar-refractivity contribution in [2.75, 3.05) is 63.1 Å². The van der Waals surface area contributed by atoms with Crippen molar-refractivity contribution < 1.29 is 27.5 Å². The maximum atomic E-state index is 14.1. The lowest BCUT2D eigenvalue weighted by atomic mass is 9.79. The number of hydrogen-bond acceptors (Lipinski definition) is 7. The van der Waals surface area contributed by atoms with E-state index in [-0.39, 0.29) is 24.4 Å². The number of fused-ring (bicyclic) bond motifs is 1. The minimum Gasteiger partial charge on any atom is -0.436 e. The van der Waals surface area contributed by atoms with E-state index in [1.54, 1.807) is 9.21 Å². The summed E-state index contributed by atoms with van der Waals surface area (Å²) >= 11 is 0. The van der Waals surface area contributed by atoms with Crippen LogP contribution in [-0.2, 0) is 32.4 Å². The van der Waals surface area contributed by atoms with E-state index in [0.29, 0.717) is 76.2 Å². The Morgan fingerprint density at radius 2 is 1.46 bits per heavy atom. The Labute approximate surface area is 296 Å². The van der Waals surface area contributed by atoms with E-state index in [0.717, 1.165) is 60.0 Å². The fourth-order valence-corrected chi connectivity index (χ4v) is 9.22. The van der Waals surface area contributed by atoms with Crippen LogP contribution in [0.5, 0.6) is 0 Å². The van der Waals surface area contributed by atoms with Gasteiger partial charge in [0.05, 0.1) is 6.26 Å². The summed E-state index contributed by atoms with van der Waals surface area (Å²) in [6.07, 6.45) is 5.44. The number of piperidine rings is 3. The van der Waals surface area contributed by atoms with E-state index in [9.17, 15) is 22.8 Å². The summed E-state index contributed by atoms with van der Waals surface area (Å²) in [6, 6.07) is 11.7. The number of nitrogens with one attached hydrogen (secondary N) is 1. The molecule has 0 radical (unpaired) electrons. The summed E-state index contributed by atoms with van der Waals surface area (Å²) in [7, 11) is -3.17. The number of nitrogens with zero attached hydrogens (tertiary/aromatic N) is 4. The number of sulfonamides is 1. The van der Waals surface area contributed by atoms with Gasteiger partial charge in [0.2, 0.25) is 10.0 Å². The number of carbonyl (C=O) groups is 3. The number of aryl methyl sites for hydroxylation is 2. The van der Waals surface area contributed by atoms with Crippen molar-refractivity contribution in [3.05, 3.63) is 58.7 Å². The molecule has 0 saturated carbocycles. The molecule has 6 rings (SSSR count). The molecule has 4 aliphatic heterocycles. The zero-order chi connectivity index (χ0) is 35.6. The fraction of sp³-hybridized carbons (Fsp3) is 0.595. The number of likely N-dealkylation sites (tertiary alicyclic amines) is 2. The first kappa shape index (κ1) is 36.0. The number of amides is 4. The third kappa shape index (κ3) is 8.20. The van der Waals surface area contributed by atoms with Crippen LogP contribution in [0.25, 0.3) is 0 Å². The monoisotopic (exact) mass is 708 g/mol. The molecule has 1 atom stereocenters. The minimum absolute atomic E-state index is 0.00595. The maximum absolute atomic E-state index is 14.1. The number of nitrogens with two attached hydrogens (primary N) is 1. The summed E-state index contributed by atoms with van der Waals surface area (Å²) in [4.78, 5) is 46.2. The van der Waals surface area contributed by atoms with Crippen molar-refractivity contribution in [1.29, 1.82) is 0 Å². The van der Waals surface area contributed by atoms with Crippen LogP contribution in [0.4, 0.5) is 21.0 Å². The fourth-order valence-electron chi connectivity index (χ4n) is 8.34. The van der Waals surface area contributed by atoms with E-state index < -0.39 is 22.2 Å². The van der Waals surface area contributed by atoms with E-state index in [1.165, 1.54) is 6.26 Å². The van der Waals surface area contributed by atoms with Gasteiger partial charge in [-0.3, -0.25) is 4.79 Å². The van der Waals surface area contributed by atoms with Gasteiger partial charge in [0.1, 0.15) is 0 Å². The van der Waals surface area contributed by atoms with Gasteiger partial charge >= 0.3 is 12.1 Å². The molecule has 50 heavy (non-hydrogen) atoms. The van der Waals surface area contributed by atoms with Crippen LogP contribution >= 0.6 is 0 Å². The van der Waals surface area contributed by atoms with Gasteiger partial charge < -0.3 is 30.5 Å². The number of rotatable bonds is 7. The second kappa shape index (κ2) is 15.2. The molecule has 0 aromatic heterocycles. The Morgan fingerprint density at radius 1 is 0.880 bits per heavy atom. The Hall–Kier alpha value is -3.84. The smallest absolute Gasteiger partial charge is 0.410 e. The zero-order valence-electron chi connectivity index (χ0n) is 29.6. The lowest BCUT2D eigenvalue weighted by Crippen LogP contribution is -2.52. The molecule has 0 bridgehead atoms. The van der Waals surface area contributed by atoms with Gasteiger partial charge in [-0.1, -0.05) is 30.3 Å². The molecule has 3 N–H and O–H groups in total. The Balaban J connectivity index is 1.07. The molecule has 2 aromatic carbocycles. The first-order chi connectivity index (χ1) is 23.9. The van der Waals surface area contributed by atoms with Crippen LogP contribution in [-0.4, -0.2) is 110 Å². The normalized spacial score (nSPS) is 20.9. The van der Waals surface area contributed by atoms with Crippen LogP contribution in [0.3, 0.4) is 0 Å². The first-order valence-electron chi connectivity index (χ1n) is 18.1. The summed E-state index contributed by atoms with van der Waals surface area (Å²) in [5, 5.41) is 3.04. The second-order valence-corrected chi connectivity index (χ2v) is 16.6. The lowest BCUT2D eigenvalue weighted by molar-refractivity contribution is -0.142. The zero-order valence-corrected chi connectivity index (χ0v) is 30.4. The van der Waals surface area contributed by atoms with Crippen molar-refractivity contribution >= 4 is 39.4 Å². The largest absolute Gasteiger partial charge is 0.436 e. The number of urea groups is 1. The van der Waals surface area contributed by atoms with Crippen molar-refractivity contribution in [1.82, 2.24) is 19.0 Å². The predicted octanol–water partition coefficient (Wildman–Crippen LogP) is 4.40. The van der Waals surface area contributed by atoms with Crippen LogP contribution in [0.1, 0.15) is 60.8 Å². The van der Waals surface area contributed by atoms with E-state index in [1.807, 2.05) is 60.0 Å². The van der Waals surface area contributed by atoms with Crippen LogP contribution in [0.2, 0.25) is 0 Å². The Kier molecular flexibility index (Phi) is 10.9. The Bertz CT molecular complexity index is 1650. The van der Waals surface area contributed by atoms with E-state index in [2.05, 4.69) is 5.32 Å². The number of ether oxygens (including phenoxy) is 1. The van der Waals surface area contributed by atoms with Crippen molar-refractivity contribution in [3.63, 3.8) is 0 Å². The molecule has 4 heterocycles. The highest BCUT2D eigenvalue weighted by atomic mass is 32.2. The highest BCUT2D eigenvalue weighted by Crippen LogP contribution is 2.34. The molecule has 4 amide bonds. The van der Waals surface area contributed by atoms with Gasteiger partial charge in [0.25, 0.3) is 5.91 Å². The summed E-state index contributed by atoms with van der Waals surface area (Å²) in [5.41, 5.74) is 11.6. The highest BCUT2D eigenvalue weighted by molar-refractivity contribution is 7.88. The number of para-hydroxylation sites is 1. The molecule has 4 aliphatic rings. The molecule has 0 aliphatic carbocycles. The van der Waals surface area contributed by atoms with E-state index >= 15 is 0 Å².